The van der Waals surface area contributed by atoms with Crippen LogP contribution in [0, 0.1) is 0 Å². The maximum Gasteiger partial charge on any atom is 0.313 e. The molecule has 2 N–H and O–H groups in total. The van der Waals surface area contributed by atoms with Crippen LogP contribution in [0.15, 0.2) is 0 Å². The van der Waals surface area contributed by atoms with Gasteiger partial charge in [-0.05, 0) is 83.1 Å². The van der Waals surface area contributed by atoms with Gasteiger partial charge in [0.25, 0.3) is 0 Å². The van der Waals surface area contributed by atoms with E-state index >= 15 is 0 Å². The van der Waals surface area contributed by atoms with Crippen molar-refractivity contribution < 1.29 is 65.1 Å². The van der Waals surface area contributed by atoms with E-state index in [9.17, 15) is 19.2 Å². The number of Topliss-reactive ketones (excluding diaryl/α,β-unsaturated/α-hetero) is 2. The maximum atomic E-state index is 10.8. The Hall–Kier alpha value is -0.917. The number of hydrogen-bond donors (Lipinski definition) is 2. The van der Waals surface area contributed by atoms with Gasteiger partial charge in [-0.3, -0.25) is 19.2 Å². The molecule has 0 unspecified atom stereocenters. The van der Waals surface area contributed by atoms with E-state index in [1.807, 2.05) is 0 Å². The third-order valence-electron chi connectivity index (χ3n) is 1.63. The van der Waals surface area contributed by atoms with Gasteiger partial charge < -0.3 is 19.7 Å². The van der Waals surface area contributed by atoms with Gasteiger partial charge in [0.2, 0.25) is 0 Å². The second kappa shape index (κ2) is 21.0. The monoisotopic (exact) mass is 526 g/mol. The standard InChI is InChI=1S/2C8H14O3.2C3H8O.Zr/c2*1-6(9)5-7(10)11-8(2,3)4;2*1-3(2)4;/h2*5H2,1-4H3;2*3-4H,1-2H3;. The number of esters is 2. The van der Waals surface area contributed by atoms with Crippen LogP contribution in [0.5, 0.6) is 0 Å². The molecule has 0 bridgehead atoms. The quantitative estimate of drug-likeness (QED) is 0.421. The van der Waals surface area contributed by atoms with Crippen molar-refractivity contribution >= 4 is 23.5 Å². The summed E-state index contributed by atoms with van der Waals surface area (Å²) in [5, 5.41) is 16.1. The van der Waals surface area contributed by atoms with Crippen LogP contribution in [0.1, 0.15) is 95.9 Å². The van der Waals surface area contributed by atoms with Crippen LogP contribution < -0.4 is 0 Å². The summed E-state index contributed by atoms with van der Waals surface area (Å²) in [7, 11) is 0. The van der Waals surface area contributed by atoms with E-state index in [0.29, 0.717) is 0 Å². The number of aliphatic hydroxyl groups excluding tert-OH is 2. The molecule has 0 aliphatic rings. The SMILES string of the molecule is CC(=O)CC(=O)OC(C)(C)C.CC(=O)CC(=O)OC(C)(C)C.CC(C)O.CC(C)O.[Zr]. The van der Waals surface area contributed by atoms with Gasteiger partial charge in [0, 0.05) is 38.4 Å². The van der Waals surface area contributed by atoms with Crippen LogP contribution in [0.4, 0.5) is 0 Å². The van der Waals surface area contributed by atoms with Gasteiger partial charge in [-0.1, -0.05) is 0 Å². The summed E-state index contributed by atoms with van der Waals surface area (Å²) in [5.74, 6) is -1.24. The molecule has 0 aromatic carbocycles. The maximum absolute atomic E-state index is 10.8. The average molecular weight is 528 g/mol. The van der Waals surface area contributed by atoms with Crippen molar-refractivity contribution in [1.29, 1.82) is 0 Å². The fourth-order valence-electron chi connectivity index (χ4n) is 1.16. The van der Waals surface area contributed by atoms with Gasteiger partial charge in [0.15, 0.2) is 0 Å². The molecule has 0 saturated carbocycles. The number of carbonyl (C=O) groups is 4. The summed E-state index contributed by atoms with van der Waals surface area (Å²) in [6.07, 6.45) is -0.589. The van der Waals surface area contributed by atoms with Crippen molar-refractivity contribution in [3.63, 3.8) is 0 Å². The van der Waals surface area contributed by atoms with Gasteiger partial charge in [0.1, 0.15) is 35.6 Å². The summed E-state index contributed by atoms with van der Waals surface area (Å²) >= 11 is 0. The van der Waals surface area contributed by atoms with Crippen LogP contribution in [0.25, 0.3) is 0 Å². The van der Waals surface area contributed by atoms with Crippen LogP contribution in [0.3, 0.4) is 0 Å². The molecular weight excluding hydrogens is 483 g/mol. The molecule has 0 aliphatic carbocycles. The molecule has 0 atom stereocenters. The first-order valence-corrected chi connectivity index (χ1v) is 9.87. The number of rotatable bonds is 4. The van der Waals surface area contributed by atoms with Crippen LogP contribution in [0.2, 0.25) is 0 Å². The predicted molar refractivity (Wildman–Crippen MR) is 117 cm³/mol. The van der Waals surface area contributed by atoms with E-state index in [4.69, 9.17) is 19.7 Å². The smallest absolute Gasteiger partial charge is 0.313 e. The first kappa shape index (κ1) is 40.4. The van der Waals surface area contributed by atoms with E-state index < -0.39 is 23.1 Å². The average Bonchev–Trinajstić information content (AvgIpc) is 2.29. The van der Waals surface area contributed by atoms with Gasteiger partial charge in [0.05, 0.1) is 0 Å². The molecule has 0 aliphatic heterocycles. The Balaban J connectivity index is -0.000000106. The number of aliphatic hydroxyl groups is 2. The van der Waals surface area contributed by atoms with Gasteiger partial charge in [-0.15, -0.1) is 0 Å². The molecule has 0 spiro atoms. The van der Waals surface area contributed by atoms with E-state index in [-0.39, 0.29) is 62.8 Å². The van der Waals surface area contributed by atoms with Crippen molar-refractivity contribution in [3.8, 4) is 0 Å². The Kier molecular flexibility index (Phi) is 27.3. The molecule has 9 heteroatoms. The topological polar surface area (TPSA) is 127 Å². The Morgan fingerprint density at radius 3 is 0.903 bits per heavy atom. The summed E-state index contributed by atoms with van der Waals surface area (Å²) < 4.78 is 9.78. The van der Waals surface area contributed by atoms with Crippen molar-refractivity contribution in [3.05, 3.63) is 0 Å². The second-order valence-electron chi connectivity index (χ2n) is 9.12. The van der Waals surface area contributed by atoms with E-state index in [2.05, 4.69) is 0 Å². The number of ether oxygens (including phenoxy) is 2. The Morgan fingerprint density at radius 1 is 0.645 bits per heavy atom. The van der Waals surface area contributed by atoms with Crippen LogP contribution >= 0.6 is 0 Å². The van der Waals surface area contributed by atoms with E-state index in [1.54, 1.807) is 69.2 Å². The fraction of sp³-hybridized carbons (Fsp3) is 0.818. The molecule has 0 amide bonds. The van der Waals surface area contributed by atoms with E-state index in [1.165, 1.54) is 13.8 Å². The molecule has 0 rings (SSSR count). The number of carbonyl (C=O) groups excluding carboxylic acids is 4. The molecule has 0 heterocycles. The van der Waals surface area contributed by atoms with Crippen LogP contribution in [-0.2, 0) is 54.9 Å². The molecule has 0 radical (unpaired) electrons. The minimum atomic E-state index is -0.494. The summed E-state index contributed by atoms with van der Waals surface area (Å²) in [5.41, 5.74) is -0.987. The first-order chi connectivity index (χ1) is 13.1. The van der Waals surface area contributed by atoms with Gasteiger partial charge in [-0.2, -0.15) is 0 Å². The summed E-state index contributed by atoms with van der Waals surface area (Å²) in [6.45, 7) is 20.2. The number of hydrogen-bond acceptors (Lipinski definition) is 8. The Morgan fingerprint density at radius 2 is 0.806 bits per heavy atom. The Bertz CT molecular complexity index is 449. The molecule has 31 heavy (non-hydrogen) atoms. The van der Waals surface area contributed by atoms with Crippen molar-refractivity contribution in [2.45, 2.75) is 119 Å². The molecule has 0 saturated heterocycles. The zero-order valence-corrected chi connectivity index (χ0v) is 23.9. The molecule has 0 fully saturated rings. The number of ketones is 2. The van der Waals surface area contributed by atoms with Gasteiger partial charge in [-0.25, -0.2) is 0 Å². The second-order valence-corrected chi connectivity index (χ2v) is 9.12. The minimum absolute atomic E-state index is 0. The van der Waals surface area contributed by atoms with Gasteiger partial charge >= 0.3 is 11.9 Å². The van der Waals surface area contributed by atoms with Crippen molar-refractivity contribution in [1.82, 2.24) is 0 Å². The Labute approximate surface area is 207 Å². The summed E-state index contributed by atoms with van der Waals surface area (Å²) in [6, 6.07) is 0. The largest absolute Gasteiger partial charge is 0.460 e. The minimum Gasteiger partial charge on any atom is -0.460 e. The molecule has 8 nitrogen and oxygen atoms in total. The fourth-order valence-corrected chi connectivity index (χ4v) is 1.16. The third-order valence-corrected chi connectivity index (χ3v) is 1.63. The zero-order valence-electron chi connectivity index (χ0n) is 21.4. The summed E-state index contributed by atoms with van der Waals surface area (Å²) in [4.78, 5) is 42.5. The molecule has 0 aromatic rings. The third kappa shape index (κ3) is 73.1. The zero-order chi connectivity index (χ0) is 25.3. The van der Waals surface area contributed by atoms with Crippen LogP contribution in [-0.4, -0.2) is 57.1 Å². The first-order valence-electron chi connectivity index (χ1n) is 9.87. The normalized spacial score (nSPS) is 10.1. The van der Waals surface area contributed by atoms with Crippen molar-refractivity contribution in [2.24, 2.45) is 0 Å². The van der Waals surface area contributed by atoms with Crippen molar-refractivity contribution in [2.75, 3.05) is 0 Å². The van der Waals surface area contributed by atoms with E-state index in [0.717, 1.165) is 0 Å². The molecular formula is C22H44O8Zr. The predicted octanol–water partition coefficient (Wildman–Crippen LogP) is 3.39. The molecule has 184 valence electrons. The molecule has 0 aromatic heterocycles.